The van der Waals surface area contributed by atoms with Gasteiger partial charge in [-0.05, 0) is 25.3 Å². The number of thiophene rings is 1. The van der Waals surface area contributed by atoms with Gasteiger partial charge in [-0.2, -0.15) is 15.5 Å². The minimum Gasteiger partial charge on any atom is -0.389 e. The number of nitrogens with zero attached hydrogens (tertiary/aromatic N) is 7. The highest BCUT2D eigenvalue weighted by molar-refractivity contribution is 7.17. The highest BCUT2D eigenvalue weighted by Gasteiger charge is 2.39. The van der Waals surface area contributed by atoms with Crippen LogP contribution >= 0.6 is 11.3 Å². The molecule has 32 heavy (non-hydrogen) atoms. The van der Waals surface area contributed by atoms with Gasteiger partial charge < -0.3 is 15.7 Å². The van der Waals surface area contributed by atoms with Crippen LogP contribution in [0.3, 0.4) is 0 Å². The van der Waals surface area contributed by atoms with Gasteiger partial charge in [-0.3, -0.25) is 9.36 Å². The van der Waals surface area contributed by atoms with Gasteiger partial charge in [-0.15, -0.1) is 11.3 Å². The van der Waals surface area contributed by atoms with Gasteiger partial charge in [0.2, 0.25) is 5.95 Å². The topological polar surface area (TPSA) is 130 Å². The van der Waals surface area contributed by atoms with E-state index in [4.69, 9.17) is 4.98 Å². The third kappa shape index (κ3) is 3.84. The van der Waals surface area contributed by atoms with E-state index < -0.39 is 5.60 Å². The van der Waals surface area contributed by atoms with Gasteiger partial charge in [-0.25, -0.2) is 9.97 Å². The first-order chi connectivity index (χ1) is 15.4. The van der Waals surface area contributed by atoms with Crippen molar-refractivity contribution in [3.63, 3.8) is 0 Å². The molecule has 0 atom stereocenters. The van der Waals surface area contributed by atoms with Crippen LogP contribution in [0.5, 0.6) is 0 Å². The SMILES string of the molecule is CC(C)(O)Cn1cc(Nc2nc(-c3cnn(C4(CC#N)CNC4)c3)c3sccc3n2)cn1. The number of anilines is 2. The van der Waals surface area contributed by atoms with Crippen LogP contribution in [0.1, 0.15) is 20.3 Å². The summed E-state index contributed by atoms with van der Waals surface area (Å²) in [6.45, 7) is 5.30. The molecule has 10 nitrogen and oxygen atoms in total. The summed E-state index contributed by atoms with van der Waals surface area (Å²) >= 11 is 1.58. The largest absolute Gasteiger partial charge is 0.389 e. The monoisotopic (exact) mass is 449 g/mol. The van der Waals surface area contributed by atoms with Crippen molar-refractivity contribution in [1.29, 1.82) is 5.26 Å². The lowest BCUT2D eigenvalue weighted by atomic mass is 9.89. The molecule has 0 aliphatic carbocycles. The molecule has 164 valence electrons. The lowest BCUT2D eigenvalue weighted by Crippen LogP contribution is -2.60. The van der Waals surface area contributed by atoms with E-state index in [0.29, 0.717) is 18.9 Å². The van der Waals surface area contributed by atoms with Crippen LogP contribution in [0.25, 0.3) is 21.5 Å². The van der Waals surface area contributed by atoms with Crippen LogP contribution in [-0.4, -0.2) is 53.3 Å². The van der Waals surface area contributed by atoms with E-state index in [1.165, 1.54) is 0 Å². The minimum atomic E-state index is -0.860. The molecule has 1 fully saturated rings. The molecule has 5 heterocycles. The van der Waals surface area contributed by atoms with E-state index in [-0.39, 0.29) is 5.54 Å². The number of aliphatic hydroxyl groups is 1. The fourth-order valence-corrected chi connectivity index (χ4v) is 4.63. The van der Waals surface area contributed by atoms with Gasteiger partial charge in [0, 0.05) is 31.0 Å². The molecular weight excluding hydrogens is 426 g/mol. The lowest BCUT2D eigenvalue weighted by Gasteiger charge is -2.41. The predicted molar refractivity (Wildman–Crippen MR) is 122 cm³/mol. The summed E-state index contributed by atoms with van der Waals surface area (Å²) in [5, 5.41) is 36.6. The van der Waals surface area contributed by atoms with E-state index in [2.05, 4.69) is 31.9 Å². The van der Waals surface area contributed by atoms with Gasteiger partial charge in [0.1, 0.15) is 5.54 Å². The standard InChI is InChI=1S/C21H23N9OS/c1-20(2,31)13-29-10-15(8-24-29)26-19-27-16-3-6-32-18(16)17(28-19)14-7-25-30(9-14)21(4-5-22)11-23-12-21/h3,6-10,23,31H,4,11-13H2,1-2H3,(H,26,27,28). The predicted octanol–water partition coefficient (Wildman–Crippen LogP) is 2.48. The van der Waals surface area contributed by atoms with Crippen LogP contribution < -0.4 is 10.6 Å². The van der Waals surface area contributed by atoms with Crippen LogP contribution in [0.2, 0.25) is 0 Å². The molecule has 4 aromatic heterocycles. The Bertz CT molecular complexity index is 1300. The summed E-state index contributed by atoms with van der Waals surface area (Å²) in [6.07, 6.45) is 7.65. The number of hydrogen-bond donors (Lipinski definition) is 3. The average molecular weight is 450 g/mol. The fraction of sp³-hybridized carbons (Fsp3) is 0.381. The highest BCUT2D eigenvalue weighted by Crippen LogP contribution is 2.33. The molecule has 11 heteroatoms. The van der Waals surface area contributed by atoms with Gasteiger partial charge in [0.15, 0.2) is 0 Å². The minimum absolute atomic E-state index is 0.301. The number of rotatable bonds is 7. The normalized spacial score (nSPS) is 15.4. The third-order valence-electron chi connectivity index (χ3n) is 5.40. The van der Waals surface area contributed by atoms with Crippen LogP contribution in [0, 0.1) is 11.3 Å². The Hall–Kier alpha value is -3.33. The highest BCUT2D eigenvalue weighted by atomic mass is 32.1. The van der Waals surface area contributed by atoms with Gasteiger partial charge in [0.05, 0.1) is 58.6 Å². The first-order valence-corrected chi connectivity index (χ1v) is 11.1. The Morgan fingerprint density at radius 3 is 2.84 bits per heavy atom. The Morgan fingerprint density at radius 1 is 1.28 bits per heavy atom. The second-order valence-electron chi connectivity index (χ2n) is 8.73. The fourth-order valence-electron chi connectivity index (χ4n) is 3.79. The molecular formula is C21H23N9OS. The molecule has 0 aromatic carbocycles. The second-order valence-corrected chi connectivity index (χ2v) is 9.65. The summed E-state index contributed by atoms with van der Waals surface area (Å²) in [6, 6.07) is 4.24. The van der Waals surface area contributed by atoms with Crippen molar-refractivity contribution in [2.24, 2.45) is 0 Å². The molecule has 1 aliphatic heterocycles. The van der Waals surface area contributed by atoms with Crippen LogP contribution in [0.4, 0.5) is 11.6 Å². The lowest BCUT2D eigenvalue weighted by molar-refractivity contribution is 0.0578. The van der Waals surface area contributed by atoms with Crippen LogP contribution in [-0.2, 0) is 12.1 Å². The van der Waals surface area contributed by atoms with E-state index in [9.17, 15) is 10.4 Å². The van der Waals surface area contributed by atoms with Gasteiger partial charge in [0.25, 0.3) is 0 Å². The first-order valence-electron chi connectivity index (χ1n) is 10.3. The van der Waals surface area contributed by atoms with Gasteiger partial charge >= 0.3 is 0 Å². The molecule has 1 aliphatic rings. The Morgan fingerprint density at radius 2 is 2.12 bits per heavy atom. The molecule has 4 aromatic rings. The Kier molecular flexibility index (Phi) is 4.93. The Balaban J connectivity index is 1.46. The zero-order valence-corrected chi connectivity index (χ0v) is 18.6. The Labute approximate surface area is 188 Å². The van der Waals surface area contributed by atoms with Crippen molar-refractivity contribution in [2.45, 2.75) is 38.0 Å². The molecule has 0 spiro atoms. The summed E-state index contributed by atoms with van der Waals surface area (Å²) in [4.78, 5) is 9.41. The molecule has 0 unspecified atom stereocenters. The molecule has 0 bridgehead atoms. The van der Waals surface area contributed by atoms with Crippen molar-refractivity contribution < 1.29 is 5.11 Å². The first kappa shape index (κ1) is 20.6. The second kappa shape index (κ2) is 7.67. The van der Waals surface area contributed by atoms with Crippen molar-refractivity contribution in [1.82, 2.24) is 34.8 Å². The summed E-state index contributed by atoms with van der Waals surface area (Å²) in [7, 11) is 0. The quantitative estimate of drug-likeness (QED) is 0.392. The summed E-state index contributed by atoms with van der Waals surface area (Å²) < 4.78 is 4.55. The van der Waals surface area contributed by atoms with Crippen molar-refractivity contribution in [3.8, 4) is 17.3 Å². The molecule has 0 radical (unpaired) electrons. The van der Waals surface area contributed by atoms with Gasteiger partial charge in [-0.1, -0.05) is 0 Å². The molecule has 0 saturated carbocycles. The zero-order valence-electron chi connectivity index (χ0n) is 17.8. The van der Waals surface area contributed by atoms with Crippen molar-refractivity contribution in [2.75, 3.05) is 18.4 Å². The summed E-state index contributed by atoms with van der Waals surface area (Å²) in [5.74, 6) is 0.457. The molecule has 3 N–H and O–H groups in total. The number of nitrogens with one attached hydrogen (secondary N) is 2. The number of fused-ring (bicyclic) bond motifs is 1. The maximum atomic E-state index is 10.0. The van der Waals surface area contributed by atoms with Crippen LogP contribution in [0.15, 0.2) is 36.2 Å². The maximum Gasteiger partial charge on any atom is 0.228 e. The average Bonchev–Trinajstić information content (AvgIpc) is 3.44. The summed E-state index contributed by atoms with van der Waals surface area (Å²) in [5.41, 5.74) is 2.09. The van der Waals surface area contributed by atoms with E-state index in [1.807, 2.05) is 28.5 Å². The molecule has 0 amide bonds. The number of aromatic nitrogens is 6. The van der Waals surface area contributed by atoms with E-state index in [1.54, 1.807) is 42.3 Å². The van der Waals surface area contributed by atoms with E-state index >= 15 is 0 Å². The molecule has 5 rings (SSSR count). The number of nitriles is 1. The number of hydrogen-bond acceptors (Lipinski definition) is 9. The zero-order chi connectivity index (χ0) is 22.3. The van der Waals surface area contributed by atoms with E-state index in [0.717, 1.165) is 40.3 Å². The van der Waals surface area contributed by atoms with Crippen molar-refractivity contribution in [3.05, 3.63) is 36.2 Å². The maximum absolute atomic E-state index is 10.0. The van der Waals surface area contributed by atoms with Crippen molar-refractivity contribution >= 4 is 33.2 Å². The third-order valence-corrected chi connectivity index (χ3v) is 6.31. The smallest absolute Gasteiger partial charge is 0.228 e. The molecule has 1 saturated heterocycles.